The number of nitro benzene ring substituents is 1. The highest BCUT2D eigenvalue weighted by atomic mass is 32.1. The van der Waals surface area contributed by atoms with Gasteiger partial charge in [0.05, 0.1) is 9.80 Å². The third kappa shape index (κ3) is 3.37. The maximum atomic E-state index is 12.5. The molecule has 28 heavy (non-hydrogen) atoms. The SMILES string of the molecule is O=C(NNC(=O)c1cc2c(s1)-c1ccccc1CC2)c1cccc([N+](=O)[O-])c1. The van der Waals surface area contributed by atoms with Crippen LogP contribution in [0.2, 0.25) is 0 Å². The van der Waals surface area contributed by atoms with Gasteiger partial charge in [-0.3, -0.25) is 30.6 Å². The Kier molecular flexibility index (Phi) is 4.62. The van der Waals surface area contributed by atoms with Crippen LogP contribution in [-0.4, -0.2) is 16.7 Å². The van der Waals surface area contributed by atoms with Crippen molar-refractivity contribution in [3.05, 3.63) is 86.3 Å². The summed E-state index contributed by atoms with van der Waals surface area (Å²) in [6.45, 7) is 0. The molecule has 0 aliphatic heterocycles. The van der Waals surface area contributed by atoms with Crippen LogP contribution in [0.4, 0.5) is 5.69 Å². The quantitative estimate of drug-likeness (QED) is 0.525. The Morgan fingerprint density at radius 2 is 1.68 bits per heavy atom. The van der Waals surface area contributed by atoms with Crippen molar-refractivity contribution in [1.82, 2.24) is 10.9 Å². The number of rotatable bonds is 3. The Labute approximate surface area is 164 Å². The van der Waals surface area contributed by atoms with Crippen molar-refractivity contribution in [2.45, 2.75) is 12.8 Å². The summed E-state index contributed by atoms with van der Waals surface area (Å²) in [7, 11) is 0. The first-order chi connectivity index (χ1) is 13.5. The molecule has 0 unspecified atom stereocenters. The maximum absolute atomic E-state index is 12.5. The zero-order chi connectivity index (χ0) is 19.7. The Morgan fingerprint density at radius 1 is 0.929 bits per heavy atom. The van der Waals surface area contributed by atoms with Crippen molar-refractivity contribution in [2.75, 3.05) is 0 Å². The van der Waals surface area contributed by atoms with E-state index in [1.807, 2.05) is 18.2 Å². The summed E-state index contributed by atoms with van der Waals surface area (Å²) in [5.41, 5.74) is 8.13. The number of hydrogen-bond donors (Lipinski definition) is 2. The van der Waals surface area contributed by atoms with Gasteiger partial charge in [-0.1, -0.05) is 30.3 Å². The number of hydrazine groups is 1. The number of aryl methyl sites for hydroxylation is 2. The van der Waals surface area contributed by atoms with Crippen LogP contribution >= 0.6 is 11.3 Å². The Morgan fingerprint density at radius 3 is 2.50 bits per heavy atom. The van der Waals surface area contributed by atoms with Crippen LogP contribution in [0.5, 0.6) is 0 Å². The van der Waals surface area contributed by atoms with Crippen molar-refractivity contribution >= 4 is 28.8 Å². The van der Waals surface area contributed by atoms with E-state index in [1.54, 1.807) is 0 Å². The van der Waals surface area contributed by atoms with Gasteiger partial charge < -0.3 is 0 Å². The molecule has 1 heterocycles. The van der Waals surface area contributed by atoms with Gasteiger partial charge in [-0.25, -0.2) is 0 Å². The molecule has 1 aliphatic carbocycles. The fourth-order valence-electron chi connectivity index (χ4n) is 3.19. The molecule has 8 heteroatoms. The number of carbonyl (C=O) groups excluding carboxylic acids is 2. The van der Waals surface area contributed by atoms with Gasteiger partial charge in [-0.2, -0.15) is 0 Å². The van der Waals surface area contributed by atoms with Gasteiger partial charge in [0.15, 0.2) is 0 Å². The summed E-state index contributed by atoms with van der Waals surface area (Å²) in [6, 6.07) is 15.3. The predicted molar refractivity (Wildman–Crippen MR) is 105 cm³/mol. The molecule has 0 radical (unpaired) electrons. The molecular weight excluding hydrogens is 378 g/mol. The molecule has 0 fully saturated rings. The van der Waals surface area contributed by atoms with Crippen LogP contribution in [0, 0.1) is 10.1 Å². The van der Waals surface area contributed by atoms with Crippen LogP contribution in [0.3, 0.4) is 0 Å². The Hall–Kier alpha value is -3.52. The van der Waals surface area contributed by atoms with Crippen LogP contribution < -0.4 is 10.9 Å². The molecule has 2 N–H and O–H groups in total. The van der Waals surface area contributed by atoms with Crippen molar-refractivity contribution in [1.29, 1.82) is 0 Å². The summed E-state index contributed by atoms with van der Waals surface area (Å²) in [5.74, 6) is -1.04. The highest BCUT2D eigenvalue weighted by Crippen LogP contribution is 2.39. The highest BCUT2D eigenvalue weighted by Gasteiger charge is 2.21. The molecule has 0 atom stereocenters. The number of fused-ring (bicyclic) bond motifs is 3. The van der Waals surface area contributed by atoms with E-state index in [1.165, 1.54) is 35.1 Å². The van der Waals surface area contributed by atoms with Gasteiger partial charge in [0, 0.05) is 22.6 Å². The Bertz CT molecular complexity index is 1110. The number of amides is 2. The van der Waals surface area contributed by atoms with Crippen molar-refractivity contribution in [3.8, 4) is 10.4 Å². The number of nitrogens with zero attached hydrogens (tertiary/aromatic N) is 1. The average Bonchev–Trinajstić information content (AvgIpc) is 3.17. The van der Waals surface area contributed by atoms with Crippen LogP contribution in [-0.2, 0) is 12.8 Å². The zero-order valence-corrected chi connectivity index (χ0v) is 15.4. The number of nitro groups is 1. The molecular formula is C20H15N3O4S. The van der Waals surface area contributed by atoms with Gasteiger partial charge in [-0.05, 0) is 41.7 Å². The molecule has 1 aliphatic rings. The number of thiophene rings is 1. The second kappa shape index (κ2) is 7.24. The van der Waals surface area contributed by atoms with E-state index in [2.05, 4.69) is 23.0 Å². The first-order valence-corrected chi connectivity index (χ1v) is 9.40. The van der Waals surface area contributed by atoms with E-state index in [0.29, 0.717) is 4.88 Å². The van der Waals surface area contributed by atoms with E-state index < -0.39 is 16.7 Å². The fraction of sp³-hybridized carbons (Fsp3) is 0.100. The lowest BCUT2D eigenvalue weighted by molar-refractivity contribution is -0.384. The molecule has 4 rings (SSSR count). The fourth-order valence-corrected chi connectivity index (χ4v) is 4.36. The van der Waals surface area contributed by atoms with E-state index in [4.69, 9.17) is 0 Å². The second-order valence-electron chi connectivity index (χ2n) is 6.34. The van der Waals surface area contributed by atoms with Gasteiger partial charge >= 0.3 is 0 Å². The smallest absolute Gasteiger partial charge is 0.267 e. The van der Waals surface area contributed by atoms with Crippen LogP contribution in [0.1, 0.15) is 31.2 Å². The molecule has 7 nitrogen and oxygen atoms in total. The summed E-state index contributed by atoms with van der Waals surface area (Å²) in [6.07, 6.45) is 1.81. The van der Waals surface area contributed by atoms with Crippen molar-refractivity contribution in [2.24, 2.45) is 0 Å². The summed E-state index contributed by atoms with van der Waals surface area (Å²) >= 11 is 1.39. The molecule has 1 aromatic heterocycles. The molecule has 2 amide bonds. The van der Waals surface area contributed by atoms with Crippen LogP contribution in [0.25, 0.3) is 10.4 Å². The minimum atomic E-state index is -0.622. The van der Waals surface area contributed by atoms with E-state index in [-0.39, 0.29) is 11.3 Å². The normalized spacial score (nSPS) is 11.9. The first kappa shape index (κ1) is 17.9. The topological polar surface area (TPSA) is 101 Å². The molecule has 0 bridgehead atoms. The Balaban J connectivity index is 1.47. The first-order valence-electron chi connectivity index (χ1n) is 8.59. The predicted octanol–water partition coefficient (Wildman–Crippen LogP) is 3.50. The lowest BCUT2D eigenvalue weighted by Gasteiger charge is -2.15. The number of carbonyl (C=O) groups is 2. The zero-order valence-electron chi connectivity index (χ0n) is 14.6. The van der Waals surface area contributed by atoms with E-state index in [9.17, 15) is 19.7 Å². The number of benzene rings is 2. The minimum Gasteiger partial charge on any atom is -0.267 e. The molecule has 140 valence electrons. The highest BCUT2D eigenvalue weighted by molar-refractivity contribution is 7.17. The van der Waals surface area contributed by atoms with Crippen molar-refractivity contribution in [3.63, 3.8) is 0 Å². The molecule has 0 saturated carbocycles. The lowest BCUT2D eigenvalue weighted by atomic mass is 9.91. The van der Waals surface area contributed by atoms with E-state index >= 15 is 0 Å². The monoisotopic (exact) mass is 393 g/mol. The van der Waals surface area contributed by atoms with Crippen LogP contribution in [0.15, 0.2) is 54.6 Å². The lowest BCUT2D eigenvalue weighted by Crippen LogP contribution is -2.41. The number of non-ortho nitro benzene ring substituents is 1. The largest absolute Gasteiger partial charge is 0.279 e. The summed E-state index contributed by atoms with van der Waals surface area (Å²) < 4.78 is 0. The average molecular weight is 393 g/mol. The minimum absolute atomic E-state index is 0.0916. The van der Waals surface area contributed by atoms with Gasteiger partial charge in [-0.15, -0.1) is 11.3 Å². The van der Waals surface area contributed by atoms with Gasteiger partial charge in [0.2, 0.25) is 0 Å². The number of nitrogens with one attached hydrogen (secondary N) is 2. The molecule has 0 saturated heterocycles. The summed E-state index contributed by atoms with van der Waals surface area (Å²) in [4.78, 5) is 36.4. The molecule has 3 aromatic rings. The summed E-state index contributed by atoms with van der Waals surface area (Å²) in [5, 5.41) is 10.8. The third-order valence-corrected chi connectivity index (χ3v) is 5.78. The number of hydrogen-bond acceptors (Lipinski definition) is 5. The van der Waals surface area contributed by atoms with Gasteiger partial charge in [0.1, 0.15) is 0 Å². The third-order valence-electron chi connectivity index (χ3n) is 4.57. The molecule has 0 spiro atoms. The van der Waals surface area contributed by atoms with Crippen molar-refractivity contribution < 1.29 is 14.5 Å². The van der Waals surface area contributed by atoms with Gasteiger partial charge in [0.25, 0.3) is 17.5 Å². The molecule has 2 aromatic carbocycles. The standard InChI is InChI=1S/C20H15N3O4S/c24-19(14-5-3-6-15(10-14)23(26)27)21-22-20(25)17-11-13-9-8-12-4-1-2-7-16(12)18(13)28-17/h1-7,10-11H,8-9H2,(H,21,24)(H,22,25). The van der Waals surface area contributed by atoms with E-state index in [0.717, 1.165) is 34.9 Å². The second-order valence-corrected chi connectivity index (χ2v) is 7.39. The maximum Gasteiger partial charge on any atom is 0.279 e.